The molecule has 2 fully saturated rings. The molecule has 8 heteroatoms. The van der Waals surface area contributed by atoms with E-state index in [1.807, 2.05) is 0 Å². The Morgan fingerprint density at radius 1 is 1.24 bits per heavy atom. The Labute approximate surface area is 138 Å². The van der Waals surface area contributed by atoms with Gasteiger partial charge in [-0.05, 0) is 31.0 Å². The quantitative estimate of drug-likeness (QED) is 0.804. The summed E-state index contributed by atoms with van der Waals surface area (Å²) >= 11 is 13.7. The fraction of sp³-hybridized carbons (Fsp3) is 0.538. The van der Waals surface area contributed by atoms with Crippen LogP contribution in [0.2, 0.25) is 10.0 Å². The van der Waals surface area contributed by atoms with Crippen LogP contribution in [0.25, 0.3) is 0 Å². The molecule has 0 saturated carbocycles. The highest BCUT2D eigenvalue weighted by Gasteiger charge is 2.42. The third-order valence-corrected chi connectivity index (χ3v) is 7.85. The highest BCUT2D eigenvalue weighted by Crippen LogP contribution is 2.42. The molecule has 0 N–H and O–H groups in total. The lowest BCUT2D eigenvalue weighted by molar-refractivity contribution is 0.0162. The predicted molar refractivity (Wildman–Crippen MR) is 85.6 cm³/mol. The van der Waals surface area contributed by atoms with Gasteiger partial charge in [0.15, 0.2) is 0 Å². The summed E-state index contributed by atoms with van der Waals surface area (Å²) in [6.07, 6.45) is 1.41. The molecule has 2 heterocycles. The second-order valence-electron chi connectivity index (χ2n) is 5.09. The average molecular weight is 368 g/mol. The van der Waals surface area contributed by atoms with Crippen LogP contribution in [0.3, 0.4) is 0 Å². The Kier molecular flexibility index (Phi) is 4.47. The number of thioether (sulfide) groups is 1. The van der Waals surface area contributed by atoms with Crippen LogP contribution in [0.15, 0.2) is 23.1 Å². The van der Waals surface area contributed by atoms with E-state index in [-0.39, 0.29) is 14.9 Å². The van der Waals surface area contributed by atoms with Crippen molar-refractivity contribution >= 4 is 45.0 Å². The first-order valence-corrected chi connectivity index (χ1v) is 9.84. The van der Waals surface area contributed by atoms with E-state index in [4.69, 9.17) is 27.9 Å². The summed E-state index contributed by atoms with van der Waals surface area (Å²) in [5.74, 6) is 0.979. The van der Waals surface area contributed by atoms with Gasteiger partial charge in [0.25, 0.3) is 0 Å². The molecule has 0 unspecified atom stereocenters. The number of benzene rings is 1. The number of nitrogens with zero attached hydrogens (tertiary/aromatic N) is 1. The van der Waals surface area contributed by atoms with Gasteiger partial charge >= 0.3 is 0 Å². The first kappa shape index (κ1) is 15.9. The van der Waals surface area contributed by atoms with E-state index >= 15 is 0 Å². The molecular formula is C13H15Cl2NO3S2. The van der Waals surface area contributed by atoms with Crippen molar-refractivity contribution in [3.8, 4) is 0 Å². The highest BCUT2D eigenvalue weighted by molar-refractivity contribution is 8.00. The van der Waals surface area contributed by atoms with E-state index in [9.17, 15) is 8.42 Å². The number of hydrogen-bond donors (Lipinski definition) is 0. The second kappa shape index (κ2) is 5.91. The fourth-order valence-electron chi connectivity index (χ4n) is 2.67. The van der Waals surface area contributed by atoms with Gasteiger partial charge in [-0.3, -0.25) is 0 Å². The van der Waals surface area contributed by atoms with E-state index in [0.29, 0.717) is 31.0 Å². The van der Waals surface area contributed by atoms with Gasteiger partial charge in [0.05, 0.1) is 11.6 Å². The summed E-state index contributed by atoms with van der Waals surface area (Å²) < 4.78 is 32.7. The van der Waals surface area contributed by atoms with E-state index in [1.54, 1.807) is 17.8 Å². The van der Waals surface area contributed by atoms with Crippen molar-refractivity contribution in [3.63, 3.8) is 0 Å². The molecule has 0 aliphatic carbocycles. The third-order valence-electron chi connectivity index (χ3n) is 3.81. The van der Waals surface area contributed by atoms with Crippen LogP contribution in [-0.4, -0.2) is 43.1 Å². The average Bonchev–Trinajstić information content (AvgIpc) is 2.90. The molecule has 1 aromatic carbocycles. The molecule has 116 valence electrons. The number of hydrogen-bond acceptors (Lipinski definition) is 4. The smallest absolute Gasteiger partial charge is 0.244 e. The van der Waals surface area contributed by atoms with Crippen molar-refractivity contribution in [1.82, 2.24) is 4.31 Å². The maximum atomic E-state index is 12.7. The van der Waals surface area contributed by atoms with Gasteiger partial charge in [0.2, 0.25) is 10.0 Å². The molecule has 0 amide bonds. The minimum absolute atomic E-state index is 0.0765. The molecule has 0 aromatic heterocycles. The van der Waals surface area contributed by atoms with Crippen LogP contribution in [0.4, 0.5) is 0 Å². The van der Waals surface area contributed by atoms with E-state index in [0.717, 1.165) is 12.4 Å². The van der Waals surface area contributed by atoms with E-state index in [1.165, 1.54) is 16.4 Å². The lowest BCUT2D eigenvalue weighted by Crippen LogP contribution is -2.45. The first-order valence-electron chi connectivity index (χ1n) is 6.66. The van der Waals surface area contributed by atoms with Gasteiger partial charge in [-0.1, -0.05) is 23.2 Å². The van der Waals surface area contributed by atoms with E-state index in [2.05, 4.69) is 0 Å². The third kappa shape index (κ3) is 3.07. The molecule has 2 saturated heterocycles. The van der Waals surface area contributed by atoms with Crippen molar-refractivity contribution in [2.75, 3.05) is 25.4 Å². The van der Waals surface area contributed by atoms with Crippen molar-refractivity contribution in [1.29, 1.82) is 0 Å². The zero-order valence-corrected chi connectivity index (χ0v) is 14.4. The number of piperidine rings is 1. The molecule has 3 rings (SSSR count). The number of sulfonamides is 1. The maximum Gasteiger partial charge on any atom is 0.244 e. The van der Waals surface area contributed by atoms with Crippen LogP contribution in [-0.2, 0) is 14.8 Å². The monoisotopic (exact) mass is 367 g/mol. The highest BCUT2D eigenvalue weighted by atomic mass is 35.5. The van der Waals surface area contributed by atoms with Gasteiger partial charge in [0.1, 0.15) is 9.83 Å². The zero-order chi connectivity index (χ0) is 15.1. The molecule has 0 bridgehead atoms. The Morgan fingerprint density at radius 2 is 1.95 bits per heavy atom. The van der Waals surface area contributed by atoms with Gasteiger partial charge in [-0.2, -0.15) is 4.31 Å². The lowest BCUT2D eigenvalue weighted by Gasteiger charge is -2.37. The molecule has 0 radical (unpaired) electrons. The Balaban J connectivity index is 1.82. The molecule has 2 aliphatic heterocycles. The second-order valence-corrected chi connectivity index (χ2v) is 9.28. The van der Waals surface area contributed by atoms with Gasteiger partial charge in [-0.25, -0.2) is 8.42 Å². The summed E-state index contributed by atoms with van der Waals surface area (Å²) in [6.45, 7) is 1.63. The summed E-state index contributed by atoms with van der Waals surface area (Å²) in [6, 6.07) is 4.50. The summed E-state index contributed by atoms with van der Waals surface area (Å²) in [5.41, 5.74) is 0. The van der Waals surface area contributed by atoms with Crippen LogP contribution in [0.1, 0.15) is 12.8 Å². The van der Waals surface area contributed by atoms with Crippen LogP contribution in [0, 0.1) is 0 Å². The topological polar surface area (TPSA) is 46.6 Å². The Bertz CT molecular complexity index is 635. The normalized spacial score (nSPS) is 22.8. The largest absolute Gasteiger partial charge is 0.363 e. The summed E-state index contributed by atoms with van der Waals surface area (Å²) in [4.78, 5) is -0.114. The SMILES string of the molecule is O=S(=O)(c1cc(Cl)ccc1Cl)N1CCC2(CC1)OCCS2. The van der Waals surface area contributed by atoms with Crippen molar-refractivity contribution in [3.05, 3.63) is 28.2 Å². The molecule has 4 nitrogen and oxygen atoms in total. The molecule has 21 heavy (non-hydrogen) atoms. The lowest BCUT2D eigenvalue weighted by atomic mass is 10.1. The zero-order valence-electron chi connectivity index (χ0n) is 11.2. The van der Waals surface area contributed by atoms with Crippen LogP contribution >= 0.6 is 35.0 Å². The minimum atomic E-state index is -3.61. The molecule has 1 aromatic rings. The van der Waals surface area contributed by atoms with Crippen molar-refractivity contribution in [2.24, 2.45) is 0 Å². The summed E-state index contributed by atoms with van der Waals surface area (Å²) in [7, 11) is -3.61. The standard InChI is InChI=1S/C13H15Cl2NO3S2/c14-10-1-2-11(15)12(9-10)21(17,18)16-5-3-13(4-6-16)19-7-8-20-13/h1-2,9H,3-8H2. The number of ether oxygens (including phenoxy) is 1. The van der Waals surface area contributed by atoms with Gasteiger partial charge in [-0.15, -0.1) is 11.8 Å². The van der Waals surface area contributed by atoms with Crippen LogP contribution in [0.5, 0.6) is 0 Å². The van der Waals surface area contributed by atoms with Crippen LogP contribution < -0.4 is 0 Å². The maximum absolute atomic E-state index is 12.7. The molecular weight excluding hydrogens is 353 g/mol. The number of halogens is 2. The van der Waals surface area contributed by atoms with Gasteiger partial charge < -0.3 is 4.74 Å². The molecule has 1 spiro atoms. The predicted octanol–water partition coefficient (Wildman–Crippen LogP) is 3.24. The Morgan fingerprint density at radius 3 is 2.57 bits per heavy atom. The fourth-order valence-corrected chi connectivity index (χ4v) is 6.02. The first-order chi connectivity index (χ1) is 9.93. The minimum Gasteiger partial charge on any atom is -0.363 e. The van der Waals surface area contributed by atoms with Crippen molar-refractivity contribution < 1.29 is 13.2 Å². The molecule has 2 aliphatic rings. The van der Waals surface area contributed by atoms with E-state index < -0.39 is 10.0 Å². The number of rotatable bonds is 2. The van der Waals surface area contributed by atoms with Gasteiger partial charge in [0, 0.05) is 23.9 Å². The Hall–Kier alpha value is 0.0200. The van der Waals surface area contributed by atoms with Crippen molar-refractivity contribution in [2.45, 2.75) is 22.7 Å². The molecule has 0 atom stereocenters. The summed E-state index contributed by atoms with van der Waals surface area (Å²) in [5, 5.41) is 0.562.